The number of esters is 1. The van der Waals surface area contributed by atoms with E-state index in [1.54, 1.807) is 6.20 Å². The van der Waals surface area contributed by atoms with Crippen LogP contribution in [0, 0.1) is 0 Å². The summed E-state index contributed by atoms with van der Waals surface area (Å²) in [6.45, 7) is -0.166. The summed E-state index contributed by atoms with van der Waals surface area (Å²) in [6.07, 6.45) is 1.80. The summed E-state index contributed by atoms with van der Waals surface area (Å²) in [5.41, 5.74) is 1.78. The van der Waals surface area contributed by atoms with E-state index < -0.39 is 5.97 Å². The molecule has 9 heteroatoms. The zero-order chi connectivity index (χ0) is 16.9. The van der Waals surface area contributed by atoms with Crippen LogP contribution in [-0.2, 0) is 14.3 Å². The smallest absolute Gasteiger partial charge is 0.325 e. The zero-order valence-electron chi connectivity index (χ0n) is 12.7. The number of carbonyl (C=O) groups excluding carboxylic acids is 2. The minimum absolute atomic E-state index is 0.0620. The van der Waals surface area contributed by atoms with Crippen LogP contribution in [0.25, 0.3) is 22.4 Å². The number of methoxy groups -OCH3 is 1. The molecule has 0 bridgehead atoms. The van der Waals surface area contributed by atoms with Gasteiger partial charge in [0.25, 0.3) is 11.1 Å². The number of aromatic nitrogens is 3. The number of benzene rings is 1. The molecular formula is C15H14N4O4S. The highest BCUT2D eigenvalue weighted by Gasteiger charge is 2.14. The van der Waals surface area contributed by atoms with Crippen LogP contribution < -0.4 is 5.32 Å². The molecule has 8 nitrogen and oxygen atoms in total. The Morgan fingerprint density at radius 2 is 2.17 bits per heavy atom. The molecular weight excluding hydrogens is 332 g/mol. The van der Waals surface area contributed by atoms with Gasteiger partial charge in [-0.3, -0.25) is 9.59 Å². The van der Waals surface area contributed by atoms with Crippen LogP contribution in [0.1, 0.15) is 0 Å². The van der Waals surface area contributed by atoms with Crippen LogP contribution >= 0.6 is 11.8 Å². The molecule has 3 aromatic rings. The summed E-state index contributed by atoms with van der Waals surface area (Å²) in [6, 6.07) is 7.77. The van der Waals surface area contributed by atoms with E-state index >= 15 is 0 Å². The topological polar surface area (TPSA) is 110 Å². The third kappa shape index (κ3) is 3.57. The Morgan fingerprint density at radius 1 is 1.33 bits per heavy atom. The Kier molecular flexibility index (Phi) is 4.80. The van der Waals surface area contributed by atoms with Crippen LogP contribution in [0.2, 0.25) is 0 Å². The first-order chi connectivity index (χ1) is 11.7. The minimum atomic E-state index is -0.507. The Bertz CT molecular complexity index is 873. The first-order valence-corrected chi connectivity index (χ1v) is 8.02. The average Bonchev–Trinajstić information content (AvgIpc) is 3.24. The van der Waals surface area contributed by atoms with Crippen molar-refractivity contribution in [1.82, 2.24) is 20.5 Å². The first kappa shape index (κ1) is 16.1. The van der Waals surface area contributed by atoms with E-state index in [-0.39, 0.29) is 23.4 Å². The van der Waals surface area contributed by atoms with Crippen LogP contribution in [0.3, 0.4) is 0 Å². The fourth-order valence-corrected chi connectivity index (χ4v) is 2.64. The fraction of sp³-hybridized carbons (Fsp3) is 0.200. The second-order valence-corrected chi connectivity index (χ2v) is 5.69. The highest BCUT2D eigenvalue weighted by atomic mass is 32.2. The van der Waals surface area contributed by atoms with Crippen LogP contribution in [-0.4, -0.2) is 46.5 Å². The van der Waals surface area contributed by atoms with Gasteiger partial charge in [0.15, 0.2) is 0 Å². The minimum Gasteiger partial charge on any atom is -0.468 e. The van der Waals surface area contributed by atoms with E-state index in [2.05, 4.69) is 25.2 Å². The number of ether oxygens (including phenoxy) is 1. The molecule has 124 valence electrons. The molecule has 0 fully saturated rings. The Hall–Kier alpha value is -2.81. The normalized spacial score (nSPS) is 10.7. The van der Waals surface area contributed by atoms with Gasteiger partial charge in [-0.05, 0) is 6.07 Å². The van der Waals surface area contributed by atoms with Gasteiger partial charge in [0, 0.05) is 17.1 Å². The van der Waals surface area contributed by atoms with Crippen molar-refractivity contribution in [3.8, 4) is 11.5 Å². The molecule has 0 aliphatic rings. The summed E-state index contributed by atoms with van der Waals surface area (Å²) in [4.78, 5) is 25.7. The number of nitrogens with zero attached hydrogens (tertiary/aromatic N) is 2. The lowest BCUT2D eigenvalue weighted by Crippen LogP contribution is -2.31. The third-order valence-electron chi connectivity index (χ3n) is 3.21. The van der Waals surface area contributed by atoms with Gasteiger partial charge in [0.1, 0.15) is 6.54 Å². The Labute approximate surface area is 141 Å². The molecule has 2 heterocycles. The van der Waals surface area contributed by atoms with E-state index in [9.17, 15) is 9.59 Å². The summed E-state index contributed by atoms with van der Waals surface area (Å²) < 4.78 is 10.0. The highest BCUT2D eigenvalue weighted by Crippen LogP contribution is 2.29. The second-order valence-electron chi connectivity index (χ2n) is 4.76. The highest BCUT2D eigenvalue weighted by molar-refractivity contribution is 7.99. The second kappa shape index (κ2) is 7.18. The summed E-state index contributed by atoms with van der Waals surface area (Å²) >= 11 is 1.10. The first-order valence-electron chi connectivity index (χ1n) is 7.03. The third-order valence-corrected chi connectivity index (χ3v) is 4.03. The number of H-pyrrole nitrogens is 1. The molecule has 2 aromatic heterocycles. The lowest BCUT2D eigenvalue weighted by atomic mass is 10.2. The molecule has 2 N–H and O–H groups in total. The van der Waals surface area contributed by atoms with Gasteiger partial charge < -0.3 is 19.5 Å². The number of thioether (sulfide) groups is 1. The molecule has 0 saturated carbocycles. The predicted octanol–water partition coefficient (Wildman–Crippen LogP) is 1.60. The number of aromatic amines is 1. The standard InChI is InChI=1S/C15H14N4O4S/c1-22-13(21)7-17-12(20)8-24-15-19-18-14(23-15)10-6-16-11-5-3-2-4-9(10)11/h2-6,16H,7-8H2,1H3,(H,17,20). The molecule has 3 rings (SSSR count). The number of carbonyl (C=O) groups is 2. The van der Waals surface area contributed by atoms with Crippen molar-refractivity contribution in [1.29, 1.82) is 0 Å². The van der Waals surface area contributed by atoms with Gasteiger partial charge in [0.2, 0.25) is 5.91 Å². The van der Waals surface area contributed by atoms with Crippen molar-refractivity contribution in [3.63, 3.8) is 0 Å². The average molecular weight is 346 g/mol. The number of fused-ring (bicyclic) bond motifs is 1. The maximum absolute atomic E-state index is 11.6. The van der Waals surface area contributed by atoms with Gasteiger partial charge in [-0.2, -0.15) is 0 Å². The molecule has 1 aromatic carbocycles. The van der Waals surface area contributed by atoms with Crippen LogP contribution in [0.4, 0.5) is 0 Å². The summed E-state index contributed by atoms with van der Waals surface area (Å²) in [7, 11) is 1.26. The van der Waals surface area contributed by atoms with Crippen molar-refractivity contribution in [3.05, 3.63) is 30.5 Å². The van der Waals surface area contributed by atoms with Crippen molar-refractivity contribution in [2.75, 3.05) is 19.4 Å². The number of amides is 1. The number of nitrogens with one attached hydrogen (secondary N) is 2. The van der Waals surface area contributed by atoms with E-state index in [1.165, 1.54) is 7.11 Å². The monoisotopic (exact) mass is 346 g/mol. The van der Waals surface area contributed by atoms with E-state index in [0.717, 1.165) is 28.2 Å². The lowest BCUT2D eigenvalue weighted by molar-refractivity contribution is -0.140. The van der Waals surface area contributed by atoms with Gasteiger partial charge in [-0.25, -0.2) is 0 Å². The Morgan fingerprint density at radius 3 is 3.00 bits per heavy atom. The van der Waals surface area contributed by atoms with Gasteiger partial charge >= 0.3 is 5.97 Å². The molecule has 0 atom stereocenters. The van der Waals surface area contributed by atoms with Gasteiger partial charge in [-0.15, -0.1) is 10.2 Å². The zero-order valence-corrected chi connectivity index (χ0v) is 13.6. The van der Waals surface area contributed by atoms with Crippen LogP contribution in [0.5, 0.6) is 0 Å². The van der Waals surface area contributed by atoms with E-state index in [1.807, 2.05) is 24.3 Å². The van der Waals surface area contributed by atoms with Crippen molar-refractivity contribution in [2.24, 2.45) is 0 Å². The molecule has 0 unspecified atom stereocenters. The molecule has 0 radical (unpaired) electrons. The molecule has 0 spiro atoms. The summed E-state index contributed by atoms with van der Waals surface area (Å²) in [5.74, 6) is -0.387. The Balaban J connectivity index is 1.62. The largest absolute Gasteiger partial charge is 0.468 e. The van der Waals surface area contributed by atoms with Crippen LogP contribution in [0.15, 0.2) is 40.1 Å². The van der Waals surface area contributed by atoms with E-state index in [4.69, 9.17) is 4.42 Å². The SMILES string of the molecule is COC(=O)CNC(=O)CSc1nnc(-c2c[nH]c3ccccc23)o1. The van der Waals surface area contributed by atoms with Crippen molar-refractivity contribution < 1.29 is 18.7 Å². The maximum atomic E-state index is 11.6. The molecule has 0 aliphatic carbocycles. The number of hydrogen-bond acceptors (Lipinski definition) is 7. The van der Waals surface area contributed by atoms with E-state index in [0.29, 0.717) is 5.89 Å². The molecule has 1 amide bonds. The predicted molar refractivity (Wildman–Crippen MR) is 87.3 cm³/mol. The number of para-hydroxylation sites is 1. The maximum Gasteiger partial charge on any atom is 0.325 e. The quantitative estimate of drug-likeness (QED) is 0.515. The van der Waals surface area contributed by atoms with Gasteiger partial charge in [-0.1, -0.05) is 30.0 Å². The molecule has 0 aliphatic heterocycles. The number of rotatable bonds is 6. The fourth-order valence-electron chi connectivity index (χ4n) is 2.05. The van der Waals surface area contributed by atoms with Crippen molar-refractivity contribution >= 4 is 34.5 Å². The lowest BCUT2D eigenvalue weighted by Gasteiger charge is -2.01. The van der Waals surface area contributed by atoms with Crippen molar-refractivity contribution in [2.45, 2.75) is 5.22 Å². The molecule has 24 heavy (non-hydrogen) atoms. The van der Waals surface area contributed by atoms with Gasteiger partial charge in [0.05, 0.1) is 18.4 Å². The number of hydrogen-bond donors (Lipinski definition) is 2. The molecule has 0 saturated heterocycles. The summed E-state index contributed by atoms with van der Waals surface area (Å²) in [5, 5.41) is 11.6.